The topological polar surface area (TPSA) is 87.7 Å². The Bertz CT molecular complexity index is 665. The number of esters is 1. The Labute approximate surface area is 164 Å². The van der Waals surface area contributed by atoms with E-state index in [1.54, 1.807) is 36.1 Å². The molecule has 0 spiro atoms. The normalized spacial score (nSPS) is 19.1. The summed E-state index contributed by atoms with van der Waals surface area (Å²) in [5, 5.41) is 5.82. The van der Waals surface area contributed by atoms with Gasteiger partial charge in [0, 0.05) is 23.8 Å². The zero-order valence-electron chi connectivity index (χ0n) is 15.7. The molecular weight excluding hydrogens is 370 g/mol. The molecule has 0 unspecified atom stereocenters. The fourth-order valence-corrected chi connectivity index (χ4v) is 3.15. The summed E-state index contributed by atoms with van der Waals surface area (Å²) in [5.41, 5.74) is 0.537. The third-order valence-corrected chi connectivity index (χ3v) is 4.66. The van der Waals surface area contributed by atoms with Crippen molar-refractivity contribution in [3.63, 3.8) is 0 Å². The van der Waals surface area contributed by atoms with E-state index in [0.29, 0.717) is 17.3 Å². The Morgan fingerprint density at radius 2 is 1.93 bits per heavy atom. The monoisotopic (exact) mass is 395 g/mol. The van der Waals surface area contributed by atoms with Gasteiger partial charge in [-0.2, -0.15) is 0 Å². The van der Waals surface area contributed by atoms with Crippen molar-refractivity contribution in [3.8, 4) is 0 Å². The zero-order valence-corrected chi connectivity index (χ0v) is 16.4. The van der Waals surface area contributed by atoms with Gasteiger partial charge in [0.1, 0.15) is 12.0 Å². The van der Waals surface area contributed by atoms with Crippen LogP contribution >= 0.6 is 11.6 Å². The summed E-state index contributed by atoms with van der Waals surface area (Å²) in [6.07, 6.45) is 2.90. The number of urea groups is 1. The van der Waals surface area contributed by atoms with Gasteiger partial charge in [0.25, 0.3) is 0 Å². The largest absolute Gasteiger partial charge is 0.466 e. The number of carbonyl (C=O) groups is 3. The number of anilines is 1. The Kier molecular flexibility index (Phi) is 7.91. The third kappa shape index (κ3) is 5.85. The number of rotatable bonds is 8. The maximum Gasteiger partial charge on any atom is 0.319 e. The van der Waals surface area contributed by atoms with Gasteiger partial charge in [0.15, 0.2) is 0 Å². The first-order valence-corrected chi connectivity index (χ1v) is 9.62. The van der Waals surface area contributed by atoms with E-state index in [1.165, 1.54) is 0 Å². The van der Waals surface area contributed by atoms with Gasteiger partial charge < -0.3 is 20.3 Å². The van der Waals surface area contributed by atoms with E-state index in [2.05, 4.69) is 17.6 Å². The van der Waals surface area contributed by atoms with Crippen LogP contribution in [0.2, 0.25) is 5.02 Å². The lowest BCUT2D eigenvalue weighted by atomic mass is 10.0. The average Bonchev–Trinajstić information content (AvgIpc) is 2.94. The predicted molar refractivity (Wildman–Crippen MR) is 104 cm³/mol. The lowest BCUT2D eigenvalue weighted by Gasteiger charge is -2.17. The zero-order chi connectivity index (χ0) is 19.8. The standard InChI is InChI=1S/C19H26ClN3O4/c1-3-5-6-11-23-12-15(18(25)27-4-2)16(17(23)24)22-19(26)21-14-9-7-13(20)8-10-14/h7-10,15-16H,3-6,11-12H2,1-2H3,(H2,21,22,26)/t15-,16-/m0/s1. The van der Waals surface area contributed by atoms with Crippen LogP contribution in [0.25, 0.3) is 0 Å². The number of hydrogen-bond donors (Lipinski definition) is 2. The number of carbonyl (C=O) groups excluding carboxylic acids is 3. The van der Waals surface area contributed by atoms with Crippen molar-refractivity contribution in [2.45, 2.75) is 39.2 Å². The maximum absolute atomic E-state index is 12.7. The first kappa shape index (κ1) is 21.0. The second-order valence-electron chi connectivity index (χ2n) is 6.43. The summed E-state index contributed by atoms with van der Waals surface area (Å²) in [6, 6.07) is 5.11. The first-order valence-electron chi connectivity index (χ1n) is 9.24. The van der Waals surface area contributed by atoms with Gasteiger partial charge in [-0.1, -0.05) is 31.4 Å². The number of hydrogen-bond acceptors (Lipinski definition) is 4. The van der Waals surface area contributed by atoms with Crippen molar-refractivity contribution in [3.05, 3.63) is 29.3 Å². The van der Waals surface area contributed by atoms with Crippen LogP contribution in [0.3, 0.4) is 0 Å². The number of amides is 3. The third-order valence-electron chi connectivity index (χ3n) is 4.41. The maximum atomic E-state index is 12.7. The molecule has 3 amide bonds. The summed E-state index contributed by atoms with van der Waals surface area (Å²) in [4.78, 5) is 38.9. The highest BCUT2D eigenvalue weighted by Gasteiger charge is 2.45. The van der Waals surface area contributed by atoms with Gasteiger partial charge >= 0.3 is 12.0 Å². The fraction of sp³-hybridized carbons (Fsp3) is 0.526. The molecule has 0 radical (unpaired) electrons. The van der Waals surface area contributed by atoms with Crippen LogP contribution in [-0.2, 0) is 14.3 Å². The molecule has 1 aromatic carbocycles. The van der Waals surface area contributed by atoms with Crippen molar-refractivity contribution >= 4 is 35.2 Å². The Hall–Kier alpha value is -2.28. The van der Waals surface area contributed by atoms with Crippen LogP contribution in [0.4, 0.5) is 10.5 Å². The van der Waals surface area contributed by atoms with Crippen LogP contribution in [0.1, 0.15) is 33.1 Å². The molecule has 2 N–H and O–H groups in total. The number of halogens is 1. The Morgan fingerprint density at radius 3 is 2.56 bits per heavy atom. The van der Waals surface area contributed by atoms with Gasteiger partial charge in [0.2, 0.25) is 5.91 Å². The van der Waals surface area contributed by atoms with Gasteiger partial charge in [0.05, 0.1) is 6.61 Å². The van der Waals surface area contributed by atoms with Crippen LogP contribution in [0.15, 0.2) is 24.3 Å². The second-order valence-corrected chi connectivity index (χ2v) is 6.87. The molecular formula is C19H26ClN3O4. The van der Waals surface area contributed by atoms with E-state index in [4.69, 9.17) is 16.3 Å². The van der Waals surface area contributed by atoms with E-state index < -0.39 is 24.0 Å². The summed E-state index contributed by atoms with van der Waals surface area (Å²) < 4.78 is 5.09. The highest BCUT2D eigenvalue weighted by Crippen LogP contribution is 2.21. The smallest absolute Gasteiger partial charge is 0.319 e. The molecule has 1 heterocycles. The number of nitrogens with zero attached hydrogens (tertiary/aromatic N) is 1. The number of nitrogens with one attached hydrogen (secondary N) is 2. The van der Waals surface area contributed by atoms with Crippen LogP contribution < -0.4 is 10.6 Å². The molecule has 0 aromatic heterocycles. The molecule has 1 fully saturated rings. The number of likely N-dealkylation sites (tertiary alicyclic amines) is 1. The SMILES string of the molecule is CCCCCN1C[C@H](C(=O)OCC)[C@H](NC(=O)Nc2ccc(Cl)cc2)C1=O. The van der Waals surface area contributed by atoms with Gasteiger partial charge in [-0.25, -0.2) is 4.79 Å². The van der Waals surface area contributed by atoms with E-state index >= 15 is 0 Å². The lowest BCUT2D eigenvalue weighted by molar-refractivity contribution is -0.148. The summed E-state index contributed by atoms with van der Waals surface area (Å²) in [7, 11) is 0. The highest BCUT2D eigenvalue weighted by molar-refractivity contribution is 6.30. The molecule has 2 atom stereocenters. The van der Waals surface area contributed by atoms with Crippen LogP contribution in [0.5, 0.6) is 0 Å². The first-order chi connectivity index (χ1) is 13.0. The minimum atomic E-state index is -0.932. The fourth-order valence-electron chi connectivity index (χ4n) is 3.02. The van der Waals surface area contributed by atoms with E-state index in [1.807, 2.05) is 0 Å². The summed E-state index contributed by atoms with van der Waals surface area (Å²) in [6.45, 7) is 4.85. The van der Waals surface area contributed by atoms with Crippen LogP contribution in [-0.4, -0.2) is 48.5 Å². The van der Waals surface area contributed by atoms with E-state index in [0.717, 1.165) is 19.3 Å². The molecule has 27 heavy (non-hydrogen) atoms. The molecule has 0 saturated carbocycles. The van der Waals surface area contributed by atoms with E-state index in [-0.39, 0.29) is 19.1 Å². The second kappa shape index (κ2) is 10.2. The molecule has 0 aliphatic carbocycles. The summed E-state index contributed by atoms with van der Waals surface area (Å²) in [5.74, 6) is -1.44. The van der Waals surface area contributed by atoms with Crippen molar-refractivity contribution in [2.24, 2.45) is 5.92 Å². The molecule has 2 rings (SSSR count). The van der Waals surface area contributed by atoms with Gasteiger partial charge in [-0.05, 0) is 37.6 Å². The number of benzene rings is 1. The van der Waals surface area contributed by atoms with Crippen LogP contribution in [0, 0.1) is 5.92 Å². The van der Waals surface area contributed by atoms with Crippen molar-refractivity contribution < 1.29 is 19.1 Å². The van der Waals surface area contributed by atoms with Gasteiger partial charge in [-0.15, -0.1) is 0 Å². The molecule has 7 nitrogen and oxygen atoms in total. The Balaban J connectivity index is 2.04. The molecule has 0 bridgehead atoms. The highest BCUT2D eigenvalue weighted by atomic mass is 35.5. The minimum Gasteiger partial charge on any atom is -0.466 e. The number of ether oxygens (including phenoxy) is 1. The quantitative estimate of drug-likeness (QED) is 0.523. The Morgan fingerprint density at radius 1 is 1.22 bits per heavy atom. The average molecular weight is 396 g/mol. The lowest BCUT2D eigenvalue weighted by Crippen LogP contribution is -2.47. The molecule has 148 valence electrons. The van der Waals surface area contributed by atoms with Crippen molar-refractivity contribution in [2.75, 3.05) is 25.0 Å². The van der Waals surface area contributed by atoms with E-state index in [9.17, 15) is 14.4 Å². The molecule has 1 aliphatic heterocycles. The number of unbranched alkanes of at least 4 members (excludes halogenated alkanes) is 2. The minimum absolute atomic E-state index is 0.225. The molecule has 1 aromatic rings. The van der Waals surface area contributed by atoms with Crippen molar-refractivity contribution in [1.82, 2.24) is 10.2 Å². The molecule has 1 saturated heterocycles. The predicted octanol–water partition coefficient (Wildman–Crippen LogP) is 3.04. The van der Waals surface area contributed by atoms with Crippen molar-refractivity contribution in [1.29, 1.82) is 0 Å². The molecule has 1 aliphatic rings. The van der Waals surface area contributed by atoms with Gasteiger partial charge in [-0.3, -0.25) is 9.59 Å². The summed E-state index contributed by atoms with van der Waals surface area (Å²) >= 11 is 5.83. The molecule has 8 heteroatoms.